The van der Waals surface area contributed by atoms with Gasteiger partial charge in [-0.25, -0.2) is 4.99 Å². The van der Waals surface area contributed by atoms with Gasteiger partial charge in [-0.1, -0.05) is 53.5 Å². The van der Waals surface area contributed by atoms with Crippen LogP contribution in [0.5, 0.6) is 0 Å². The Kier molecular flexibility index (Phi) is 7.05. The van der Waals surface area contributed by atoms with E-state index in [1.165, 1.54) is 5.56 Å². The van der Waals surface area contributed by atoms with Crippen molar-refractivity contribution in [3.8, 4) is 0 Å². The van der Waals surface area contributed by atoms with Crippen LogP contribution < -0.4 is 10.6 Å². The van der Waals surface area contributed by atoms with E-state index in [2.05, 4.69) is 46.8 Å². The molecular formula is C20H26Cl2N4O. The van der Waals surface area contributed by atoms with Gasteiger partial charge < -0.3 is 19.9 Å². The van der Waals surface area contributed by atoms with Gasteiger partial charge in [0.15, 0.2) is 5.96 Å². The lowest BCUT2D eigenvalue weighted by Gasteiger charge is -2.21. The Morgan fingerprint density at radius 1 is 1.26 bits per heavy atom. The molecule has 0 radical (unpaired) electrons. The monoisotopic (exact) mass is 408 g/mol. The predicted octanol–water partition coefficient (Wildman–Crippen LogP) is 4.16. The smallest absolute Gasteiger partial charge is 0.191 e. The van der Waals surface area contributed by atoms with Crippen molar-refractivity contribution >= 4 is 29.2 Å². The molecule has 1 aromatic carbocycles. The average molecular weight is 409 g/mol. The highest BCUT2D eigenvalue weighted by molar-refractivity contribution is 6.41. The first-order chi connectivity index (χ1) is 13.1. The number of aromatic nitrogens is 1. The van der Waals surface area contributed by atoms with E-state index in [4.69, 9.17) is 27.9 Å². The summed E-state index contributed by atoms with van der Waals surface area (Å²) < 4.78 is 7.83. The molecule has 1 aliphatic heterocycles. The van der Waals surface area contributed by atoms with Crippen molar-refractivity contribution in [1.82, 2.24) is 15.2 Å². The number of aliphatic imine (C=N–C) groups is 1. The van der Waals surface area contributed by atoms with Crippen molar-refractivity contribution in [2.75, 3.05) is 19.7 Å². The van der Waals surface area contributed by atoms with Crippen LogP contribution in [-0.4, -0.2) is 30.2 Å². The number of nitrogens with zero attached hydrogens (tertiary/aromatic N) is 2. The molecule has 1 saturated heterocycles. The maximum atomic E-state index is 6.13. The number of hydrogen-bond acceptors (Lipinski definition) is 2. The third-order valence-electron chi connectivity index (χ3n) is 4.83. The molecule has 27 heavy (non-hydrogen) atoms. The van der Waals surface area contributed by atoms with Crippen LogP contribution in [0.3, 0.4) is 0 Å². The topological polar surface area (TPSA) is 50.6 Å². The highest BCUT2D eigenvalue weighted by Gasteiger charge is 2.29. The molecule has 0 spiro atoms. The second-order valence-electron chi connectivity index (χ2n) is 6.66. The van der Waals surface area contributed by atoms with Crippen LogP contribution in [-0.2, 0) is 18.3 Å². The summed E-state index contributed by atoms with van der Waals surface area (Å²) in [6.45, 7) is 4.95. The van der Waals surface area contributed by atoms with Gasteiger partial charge in [-0.3, -0.25) is 0 Å². The van der Waals surface area contributed by atoms with E-state index >= 15 is 0 Å². The molecule has 5 nitrogen and oxygen atoms in total. The van der Waals surface area contributed by atoms with Gasteiger partial charge in [0.25, 0.3) is 0 Å². The zero-order chi connectivity index (χ0) is 19.2. The van der Waals surface area contributed by atoms with Gasteiger partial charge in [0, 0.05) is 38.4 Å². The zero-order valence-electron chi connectivity index (χ0n) is 15.7. The number of hydrogen-bond donors (Lipinski definition) is 2. The standard InChI is InChI=1S/C20H26Cl2N4O/c1-3-23-20(25-13-16-11-17(21)19(22)26(16)2)24-12-15-9-10-27-18(15)14-7-5-4-6-8-14/h4-8,11,15,18H,3,9-10,12-13H2,1-2H3,(H2,23,24,25). The molecule has 146 valence electrons. The van der Waals surface area contributed by atoms with Crippen molar-refractivity contribution in [1.29, 1.82) is 0 Å². The molecule has 1 aliphatic rings. The predicted molar refractivity (Wildman–Crippen MR) is 111 cm³/mol. The molecule has 2 unspecified atom stereocenters. The van der Waals surface area contributed by atoms with E-state index in [0.29, 0.717) is 22.6 Å². The van der Waals surface area contributed by atoms with Gasteiger partial charge >= 0.3 is 0 Å². The van der Waals surface area contributed by atoms with Crippen LogP contribution in [0.15, 0.2) is 41.4 Å². The molecule has 0 saturated carbocycles. The summed E-state index contributed by atoms with van der Waals surface area (Å²) in [6.07, 6.45) is 1.17. The summed E-state index contributed by atoms with van der Waals surface area (Å²) in [5, 5.41) is 7.84. The van der Waals surface area contributed by atoms with E-state index in [1.807, 2.05) is 23.7 Å². The quantitative estimate of drug-likeness (QED) is 0.556. The second kappa shape index (κ2) is 9.49. The number of rotatable bonds is 6. The van der Waals surface area contributed by atoms with Crippen molar-refractivity contribution in [2.24, 2.45) is 18.0 Å². The molecule has 3 rings (SSSR count). The highest BCUT2D eigenvalue weighted by atomic mass is 35.5. The molecule has 0 amide bonds. The number of benzene rings is 1. The Bertz CT molecular complexity index is 776. The molecule has 2 aromatic rings. The SMILES string of the molecule is CCNC(=NCc1cc(Cl)c(Cl)n1C)NCC1CCOC1c1ccccc1. The molecular weight excluding hydrogens is 383 g/mol. The Morgan fingerprint density at radius 2 is 2.04 bits per heavy atom. The maximum absolute atomic E-state index is 6.13. The fraction of sp³-hybridized carbons (Fsp3) is 0.450. The highest BCUT2D eigenvalue weighted by Crippen LogP contribution is 2.33. The van der Waals surface area contributed by atoms with E-state index < -0.39 is 0 Å². The summed E-state index contributed by atoms with van der Waals surface area (Å²) in [4.78, 5) is 4.67. The Morgan fingerprint density at radius 3 is 2.70 bits per heavy atom. The van der Waals surface area contributed by atoms with E-state index in [-0.39, 0.29) is 6.10 Å². The van der Waals surface area contributed by atoms with Crippen LogP contribution in [0.4, 0.5) is 0 Å². The lowest BCUT2D eigenvalue weighted by atomic mass is 9.95. The van der Waals surface area contributed by atoms with E-state index in [1.54, 1.807) is 0 Å². The largest absolute Gasteiger partial charge is 0.373 e. The molecule has 2 atom stereocenters. The number of guanidine groups is 1. The summed E-state index contributed by atoms with van der Waals surface area (Å²) >= 11 is 12.2. The first-order valence-electron chi connectivity index (χ1n) is 9.28. The van der Waals surface area contributed by atoms with Crippen molar-refractivity contribution < 1.29 is 4.74 Å². The van der Waals surface area contributed by atoms with Crippen LogP contribution in [0, 0.1) is 5.92 Å². The lowest BCUT2D eigenvalue weighted by Crippen LogP contribution is -2.40. The van der Waals surface area contributed by atoms with Gasteiger partial charge in [-0.2, -0.15) is 0 Å². The summed E-state index contributed by atoms with van der Waals surface area (Å²) in [5.74, 6) is 1.19. The van der Waals surface area contributed by atoms with Gasteiger partial charge in [-0.15, -0.1) is 0 Å². The van der Waals surface area contributed by atoms with Crippen molar-refractivity contribution in [3.05, 3.63) is 57.8 Å². The fourth-order valence-electron chi connectivity index (χ4n) is 3.32. The first-order valence-corrected chi connectivity index (χ1v) is 10.0. The molecule has 2 N–H and O–H groups in total. The van der Waals surface area contributed by atoms with Gasteiger partial charge in [0.2, 0.25) is 0 Å². The molecule has 1 fully saturated rings. The number of halogens is 2. The zero-order valence-corrected chi connectivity index (χ0v) is 17.2. The molecule has 1 aromatic heterocycles. The van der Waals surface area contributed by atoms with Gasteiger partial charge in [0.05, 0.1) is 17.7 Å². The van der Waals surface area contributed by atoms with Crippen molar-refractivity contribution in [3.63, 3.8) is 0 Å². The molecule has 2 heterocycles. The summed E-state index contributed by atoms with van der Waals surface area (Å²) in [7, 11) is 1.89. The van der Waals surface area contributed by atoms with Crippen LogP contribution >= 0.6 is 23.2 Å². The third-order valence-corrected chi connectivity index (χ3v) is 5.68. The fourth-order valence-corrected chi connectivity index (χ4v) is 3.74. The minimum Gasteiger partial charge on any atom is -0.373 e. The Labute approximate surface area is 170 Å². The molecule has 7 heteroatoms. The van der Waals surface area contributed by atoms with Crippen molar-refractivity contribution in [2.45, 2.75) is 26.0 Å². The first kappa shape index (κ1) is 20.1. The minimum absolute atomic E-state index is 0.132. The average Bonchev–Trinajstić information content (AvgIpc) is 3.25. The number of ether oxygens (including phenoxy) is 1. The van der Waals surface area contributed by atoms with Gasteiger partial charge in [0.1, 0.15) is 5.15 Å². The van der Waals surface area contributed by atoms with E-state index in [9.17, 15) is 0 Å². The summed E-state index contributed by atoms with van der Waals surface area (Å²) in [6, 6.07) is 12.3. The van der Waals surface area contributed by atoms with Crippen LogP contribution in [0.1, 0.15) is 30.7 Å². The van der Waals surface area contributed by atoms with E-state index in [0.717, 1.165) is 37.8 Å². The number of nitrogens with one attached hydrogen (secondary N) is 2. The van der Waals surface area contributed by atoms with Crippen LogP contribution in [0.25, 0.3) is 0 Å². The maximum Gasteiger partial charge on any atom is 0.191 e. The third kappa shape index (κ3) is 4.98. The molecule has 0 aliphatic carbocycles. The Hall–Kier alpha value is -1.69. The normalized spacial score (nSPS) is 20.1. The van der Waals surface area contributed by atoms with Crippen LogP contribution in [0.2, 0.25) is 10.2 Å². The van der Waals surface area contributed by atoms with Gasteiger partial charge in [-0.05, 0) is 25.0 Å². The minimum atomic E-state index is 0.132. The lowest BCUT2D eigenvalue weighted by molar-refractivity contribution is 0.0915. The molecule has 0 bridgehead atoms. The Balaban J connectivity index is 1.63. The second-order valence-corrected chi connectivity index (χ2v) is 7.43. The summed E-state index contributed by atoms with van der Waals surface area (Å²) in [5.41, 5.74) is 2.20.